The second kappa shape index (κ2) is 5.04. The summed E-state index contributed by atoms with van der Waals surface area (Å²) in [5, 5.41) is 12.5. The predicted octanol–water partition coefficient (Wildman–Crippen LogP) is 2.06. The van der Waals surface area contributed by atoms with Crippen LogP contribution in [0.4, 0.5) is 4.79 Å². The zero-order valence-electron chi connectivity index (χ0n) is 10.6. The Balaban J connectivity index is 2.26. The van der Waals surface area contributed by atoms with Crippen LogP contribution >= 0.6 is 0 Å². The third-order valence-electron chi connectivity index (χ3n) is 2.59. The van der Waals surface area contributed by atoms with Crippen LogP contribution in [0.3, 0.4) is 0 Å². The van der Waals surface area contributed by atoms with Gasteiger partial charge in [-0.05, 0) is 40.0 Å². The van der Waals surface area contributed by atoms with Crippen LogP contribution in [-0.2, 0) is 4.74 Å². The van der Waals surface area contributed by atoms with Gasteiger partial charge in [-0.25, -0.2) is 4.79 Å². The number of amides is 1. The number of carbonyl (C=O) groups excluding carboxylic acids is 1. The van der Waals surface area contributed by atoms with Crippen molar-refractivity contribution in [3.63, 3.8) is 0 Å². The van der Waals surface area contributed by atoms with E-state index >= 15 is 0 Å². The van der Waals surface area contributed by atoms with Gasteiger partial charge in [0.1, 0.15) is 5.60 Å². The third kappa shape index (κ3) is 5.35. The van der Waals surface area contributed by atoms with Crippen LogP contribution in [0, 0.1) is 5.92 Å². The average molecular weight is 229 g/mol. The quantitative estimate of drug-likeness (QED) is 0.775. The van der Waals surface area contributed by atoms with Crippen molar-refractivity contribution >= 4 is 6.09 Å². The summed E-state index contributed by atoms with van der Waals surface area (Å²) in [6.45, 7) is 7.25. The van der Waals surface area contributed by atoms with Crippen molar-refractivity contribution in [1.82, 2.24) is 5.32 Å². The van der Waals surface area contributed by atoms with Crippen molar-refractivity contribution in [3.8, 4) is 0 Å². The molecule has 0 aromatic heterocycles. The molecule has 0 saturated heterocycles. The lowest BCUT2D eigenvalue weighted by Crippen LogP contribution is -2.43. The molecule has 2 N–H and O–H groups in total. The number of aliphatic hydroxyl groups excluding tert-OH is 1. The third-order valence-corrected chi connectivity index (χ3v) is 2.59. The largest absolute Gasteiger partial charge is 0.444 e. The molecule has 0 bridgehead atoms. The molecule has 4 nitrogen and oxygen atoms in total. The summed E-state index contributed by atoms with van der Waals surface area (Å²) < 4.78 is 5.12. The van der Waals surface area contributed by atoms with Gasteiger partial charge in [-0.3, -0.25) is 0 Å². The van der Waals surface area contributed by atoms with E-state index in [0.29, 0.717) is 5.92 Å². The fraction of sp³-hybridized carbons (Fsp3) is 0.917. The Hall–Kier alpha value is -0.770. The molecule has 1 fully saturated rings. The first-order valence-corrected chi connectivity index (χ1v) is 5.95. The Morgan fingerprint density at radius 3 is 2.50 bits per heavy atom. The molecule has 1 rings (SSSR count). The van der Waals surface area contributed by atoms with E-state index < -0.39 is 17.8 Å². The standard InChI is InChI=1S/C12H23NO3/c1-8(10(14)7-9-5-6-9)13-11(15)16-12(2,3)4/h8-10,14H,5-7H2,1-4H3,(H,13,15)/t8-,10?/m0/s1. The molecule has 0 radical (unpaired) electrons. The first-order valence-electron chi connectivity index (χ1n) is 5.95. The Morgan fingerprint density at radius 2 is 2.06 bits per heavy atom. The van der Waals surface area contributed by atoms with E-state index in [1.165, 1.54) is 12.8 Å². The lowest BCUT2D eigenvalue weighted by Gasteiger charge is -2.24. The molecule has 1 amide bonds. The molecule has 1 saturated carbocycles. The van der Waals surface area contributed by atoms with E-state index in [-0.39, 0.29) is 6.04 Å². The van der Waals surface area contributed by atoms with Gasteiger partial charge in [0.2, 0.25) is 0 Å². The van der Waals surface area contributed by atoms with Crippen molar-refractivity contribution < 1.29 is 14.6 Å². The number of nitrogens with one attached hydrogen (secondary N) is 1. The normalized spacial score (nSPS) is 20.1. The second-order valence-electron chi connectivity index (χ2n) is 5.68. The molecular formula is C12H23NO3. The molecule has 2 atom stereocenters. The fourth-order valence-corrected chi connectivity index (χ4v) is 1.49. The van der Waals surface area contributed by atoms with E-state index in [2.05, 4.69) is 5.32 Å². The highest BCUT2D eigenvalue weighted by Gasteiger charge is 2.28. The summed E-state index contributed by atoms with van der Waals surface area (Å²) in [6.07, 6.45) is 2.25. The first-order chi connectivity index (χ1) is 7.28. The predicted molar refractivity (Wildman–Crippen MR) is 62.2 cm³/mol. The highest BCUT2D eigenvalue weighted by atomic mass is 16.6. The second-order valence-corrected chi connectivity index (χ2v) is 5.68. The molecule has 1 aliphatic rings. The minimum atomic E-state index is -0.495. The van der Waals surface area contributed by atoms with Gasteiger partial charge in [-0.15, -0.1) is 0 Å². The zero-order chi connectivity index (χ0) is 12.3. The monoisotopic (exact) mass is 229 g/mol. The maximum atomic E-state index is 11.4. The van der Waals surface area contributed by atoms with Crippen LogP contribution in [0.5, 0.6) is 0 Å². The van der Waals surface area contributed by atoms with Crippen molar-refractivity contribution in [2.24, 2.45) is 5.92 Å². The number of alkyl carbamates (subject to hydrolysis) is 1. The van der Waals surface area contributed by atoms with Gasteiger partial charge in [-0.1, -0.05) is 12.8 Å². The Bertz CT molecular complexity index is 243. The number of carbonyl (C=O) groups is 1. The molecule has 0 aromatic carbocycles. The number of hydrogen-bond donors (Lipinski definition) is 2. The van der Waals surface area contributed by atoms with Gasteiger partial charge >= 0.3 is 6.09 Å². The number of rotatable bonds is 4. The molecule has 1 unspecified atom stereocenters. The minimum absolute atomic E-state index is 0.254. The van der Waals surface area contributed by atoms with Crippen LogP contribution in [0.25, 0.3) is 0 Å². The molecule has 16 heavy (non-hydrogen) atoms. The molecule has 0 aromatic rings. The van der Waals surface area contributed by atoms with Crippen LogP contribution < -0.4 is 5.32 Å². The number of hydrogen-bond acceptors (Lipinski definition) is 3. The summed E-state index contributed by atoms with van der Waals surface area (Å²) >= 11 is 0. The molecule has 94 valence electrons. The molecule has 1 aliphatic carbocycles. The summed E-state index contributed by atoms with van der Waals surface area (Å²) in [4.78, 5) is 11.4. The maximum absolute atomic E-state index is 11.4. The van der Waals surface area contributed by atoms with Gasteiger partial charge in [-0.2, -0.15) is 0 Å². The minimum Gasteiger partial charge on any atom is -0.444 e. The highest BCUT2D eigenvalue weighted by molar-refractivity contribution is 5.68. The number of ether oxygens (including phenoxy) is 1. The van der Waals surface area contributed by atoms with Crippen LogP contribution in [-0.4, -0.2) is 28.9 Å². The SMILES string of the molecule is C[C@H](NC(=O)OC(C)(C)C)C(O)CC1CC1. The lowest BCUT2D eigenvalue weighted by molar-refractivity contribution is 0.0423. The van der Waals surface area contributed by atoms with Crippen molar-refractivity contribution in [3.05, 3.63) is 0 Å². The summed E-state index contributed by atoms with van der Waals surface area (Å²) in [7, 11) is 0. The average Bonchev–Trinajstić information content (AvgIpc) is 2.83. The molecule has 0 aliphatic heterocycles. The van der Waals surface area contributed by atoms with E-state index in [9.17, 15) is 9.90 Å². The molecule has 0 spiro atoms. The van der Waals surface area contributed by atoms with Crippen molar-refractivity contribution in [2.45, 2.75) is 64.7 Å². The van der Waals surface area contributed by atoms with Crippen LogP contribution in [0.2, 0.25) is 0 Å². The van der Waals surface area contributed by atoms with E-state index in [1.54, 1.807) is 6.92 Å². The fourth-order valence-electron chi connectivity index (χ4n) is 1.49. The van der Waals surface area contributed by atoms with Gasteiger partial charge in [0.15, 0.2) is 0 Å². The lowest BCUT2D eigenvalue weighted by atomic mass is 10.1. The van der Waals surface area contributed by atoms with E-state index in [4.69, 9.17) is 4.74 Å². The van der Waals surface area contributed by atoms with Gasteiger partial charge in [0.05, 0.1) is 12.1 Å². The summed E-state index contributed by atoms with van der Waals surface area (Å²) in [5.41, 5.74) is -0.495. The molecule has 4 heteroatoms. The Kier molecular flexibility index (Phi) is 4.19. The first kappa shape index (κ1) is 13.3. The Morgan fingerprint density at radius 1 is 1.50 bits per heavy atom. The van der Waals surface area contributed by atoms with Crippen molar-refractivity contribution in [2.75, 3.05) is 0 Å². The molecular weight excluding hydrogens is 206 g/mol. The van der Waals surface area contributed by atoms with Crippen LogP contribution in [0.15, 0.2) is 0 Å². The smallest absolute Gasteiger partial charge is 0.407 e. The maximum Gasteiger partial charge on any atom is 0.407 e. The van der Waals surface area contributed by atoms with Gasteiger partial charge in [0.25, 0.3) is 0 Å². The number of aliphatic hydroxyl groups is 1. The Labute approximate surface area is 97.4 Å². The van der Waals surface area contributed by atoms with Gasteiger partial charge < -0.3 is 15.2 Å². The highest BCUT2D eigenvalue weighted by Crippen LogP contribution is 2.34. The van der Waals surface area contributed by atoms with Gasteiger partial charge in [0, 0.05) is 0 Å². The molecule has 0 heterocycles. The summed E-state index contributed by atoms with van der Waals surface area (Å²) in [5.74, 6) is 0.651. The van der Waals surface area contributed by atoms with Crippen LogP contribution in [0.1, 0.15) is 47.0 Å². The van der Waals surface area contributed by atoms with Crippen molar-refractivity contribution in [1.29, 1.82) is 0 Å². The zero-order valence-corrected chi connectivity index (χ0v) is 10.6. The summed E-state index contributed by atoms with van der Waals surface area (Å²) in [6, 6.07) is -0.254. The van der Waals surface area contributed by atoms with E-state index in [0.717, 1.165) is 6.42 Å². The van der Waals surface area contributed by atoms with E-state index in [1.807, 2.05) is 20.8 Å². The topological polar surface area (TPSA) is 58.6 Å².